The van der Waals surface area contributed by atoms with Gasteiger partial charge in [-0.1, -0.05) is 127 Å². The highest BCUT2D eigenvalue weighted by atomic mass is 15.2. The molecule has 0 aromatic heterocycles. The summed E-state index contributed by atoms with van der Waals surface area (Å²) in [7, 11) is 0. The first-order valence-corrected chi connectivity index (χ1v) is 17.3. The maximum Gasteiger partial charge on any atom is 0.0625 e. The highest BCUT2D eigenvalue weighted by Crippen LogP contribution is 2.42. The molecule has 6 aromatic carbocycles. The van der Waals surface area contributed by atoms with E-state index in [1.165, 1.54) is 55.7 Å². The van der Waals surface area contributed by atoms with E-state index in [0.29, 0.717) is 0 Å². The Morgan fingerprint density at radius 3 is 1.96 bits per heavy atom. The maximum atomic E-state index is 2.51. The molecule has 6 aromatic rings. The molecule has 49 heavy (non-hydrogen) atoms. The van der Waals surface area contributed by atoms with Gasteiger partial charge in [-0.15, -0.1) is 0 Å². The molecule has 0 aliphatic heterocycles. The Bertz CT molecular complexity index is 2230. The lowest BCUT2D eigenvalue weighted by molar-refractivity contribution is 0.649. The summed E-state index contributed by atoms with van der Waals surface area (Å²) in [6.45, 7) is 4.49. The van der Waals surface area contributed by atoms with Crippen molar-refractivity contribution in [3.05, 3.63) is 199 Å². The average molecular weight is 633 g/mol. The second-order valence-electron chi connectivity index (χ2n) is 13.0. The lowest BCUT2D eigenvalue weighted by Gasteiger charge is -2.37. The molecule has 2 heteroatoms. The molecule has 2 aliphatic rings. The van der Waals surface area contributed by atoms with E-state index in [1.54, 1.807) is 0 Å². The molecule has 0 saturated carbocycles. The van der Waals surface area contributed by atoms with Crippen LogP contribution in [-0.2, 0) is 0 Å². The zero-order chi connectivity index (χ0) is 33.2. The number of fused-ring (bicyclic) bond motifs is 2. The summed E-state index contributed by atoms with van der Waals surface area (Å²) < 4.78 is 0. The van der Waals surface area contributed by atoms with E-state index in [2.05, 4.69) is 206 Å². The first kappa shape index (κ1) is 30.5. The van der Waals surface area contributed by atoms with Crippen LogP contribution in [0.15, 0.2) is 188 Å². The van der Waals surface area contributed by atoms with Crippen LogP contribution in [0.4, 0.5) is 28.4 Å². The van der Waals surface area contributed by atoms with Crippen LogP contribution in [0.25, 0.3) is 21.9 Å². The predicted octanol–water partition coefficient (Wildman–Crippen LogP) is 12.7. The van der Waals surface area contributed by atoms with Crippen LogP contribution in [0.5, 0.6) is 0 Å². The predicted molar refractivity (Wildman–Crippen MR) is 210 cm³/mol. The number of benzene rings is 6. The van der Waals surface area contributed by atoms with Gasteiger partial charge in [0.15, 0.2) is 0 Å². The van der Waals surface area contributed by atoms with E-state index in [0.717, 1.165) is 17.8 Å². The Morgan fingerprint density at radius 1 is 0.551 bits per heavy atom. The van der Waals surface area contributed by atoms with Crippen molar-refractivity contribution in [2.24, 2.45) is 5.92 Å². The van der Waals surface area contributed by atoms with Gasteiger partial charge in [0.2, 0.25) is 0 Å². The van der Waals surface area contributed by atoms with Crippen molar-refractivity contribution in [1.29, 1.82) is 0 Å². The second-order valence-corrected chi connectivity index (χ2v) is 13.0. The lowest BCUT2D eigenvalue weighted by atomic mass is 9.86. The normalized spacial score (nSPS) is 16.6. The van der Waals surface area contributed by atoms with Gasteiger partial charge in [0.1, 0.15) is 0 Å². The van der Waals surface area contributed by atoms with E-state index < -0.39 is 0 Å². The molecule has 2 nitrogen and oxygen atoms in total. The van der Waals surface area contributed by atoms with E-state index in [1.807, 2.05) is 0 Å². The van der Waals surface area contributed by atoms with Gasteiger partial charge in [0.25, 0.3) is 0 Å². The van der Waals surface area contributed by atoms with Gasteiger partial charge in [0.05, 0.1) is 11.7 Å². The highest BCUT2D eigenvalue weighted by Gasteiger charge is 2.29. The molecule has 0 bridgehead atoms. The number of rotatable bonds is 7. The number of hydrogen-bond acceptors (Lipinski definition) is 2. The summed E-state index contributed by atoms with van der Waals surface area (Å²) in [5.41, 5.74) is 12.3. The molecule has 0 heterocycles. The van der Waals surface area contributed by atoms with Crippen LogP contribution in [0.2, 0.25) is 0 Å². The Hall–Kier alpha value is -5.86. The van der Waals surface area contributed by atoms with Gasteiger partial charge in [0, 0.05) is 34.1 Å². The molecule has 0 amide bonds. The van der Waals surface area contributed by atoms with Gasteiger partial charge < -0.3 is 9.80 Å². The summed E-state index contributed by atoms with van der Waals surface area (Å²) in [6.07, 6.45) is 17.0. The first-order chi connectivity index (χ1) is 24.2. The summed E-state index contributed by atoms with van der Waals surface area (Å²) in [6, 6.07) is 50.8. The van der Waals surface area contributed by atoms with Crippen molar-refractivity contribution in [1.82, 2.24) is 0 Å². The van der Waals surface area contributed by atoms with Crippen LogP contribution < -0.4 is 9.80 Å². The third-order valence-corrected chi connectivity index (χ3v) is 9.89. The topological polar surface area (TPSA) is 6.48 Å². The molecule has 0 spiro atoms. The number of para-hydroxylation sites is 2. The molecule has 2 aliphatic carbocycles. The summed E-state index contributed by atoms with van der Waals surface area (Å²) in [4.78, 5) is 4.89. The van der Waals surface area contributed by atoms with E-state index in [-0.39, 0.29) is 12.0 Å². The summed E-state index contributed by atoms with van der Waals surface area (Å²) >= 11 is 0. The van der Waals surface area contributed by atoms with Crippen LogP contribution in [0.3, 0.4) is 0 Å². The van der Waals surface area contributed by atoms with Gasteiger partial charge in [-0.05, 0) is 108 Å². The highest BCUT2D eigenvalue weighted by molar-refractivity contribution is 5.99. The van der Waals surface area contributed by atoms with E-state index in [9.17, 15) is 0 Å². The minimum atomic E-state index is 0.168. The smallest absolute Gasteiger partial charge is 0.0625 e. The van der Waals surface area contributed by atoms with Gasteiger partial charge in [-0.3, -0.25) is 0 Å². The lowest BCUT2D eigenvalue weighted by Crippen LogP contribution is -2.36. The van der Waals surface area contributed by atoms with E-state index >= 15 is 0 Å². The quantitative estimate of drug-likeness (QED) is 0.162. The van der Waals surface area contributed by atoms with Crippen LogP contribution >= 0.6 is 0 Å². The molecule has 0 N–H and O–H groups in total. The molecular weight excluding hydrogens is 593 g/mol. The Morgan fingerprint density at radius 2 is 1.20 bits per heavy atom. The average Bonchev–Trinajstić information content (AvgIpc) is 3.36. The second kappa shape index (κ2) is 13.3. The van der Waals surface area contributed by atoms with Crippen LogP contribution in [-0.4, -0.2) is 6.04 Å². The van der Waals surface area contributed by atoms with Crippen molar-refractivity contribution in [3.8, 4) is 11.1 Å². The monoisotopic (exact) mass is 632 g/mol. The van der Waals surface area contributed by atoms with Crippen molar-refractivity contribution in [2.75, 3.05) is 9.80 Å². The molecule has 8 rings (SSSR count). The summed E-state index contributed by atoms with van der Waals surface area (Å²) in [5.74, 6) is 0.285. The SMILES string of the molecule is Cc1cc(N(c2ccccc2)c2cccc3ccccc23)ccc1-c1ccc(N(c2ccccc2)C2C=CCC=C3C=CC=CC32)cc1C. The fourth-order valence-corrected chi connectivity index (χ4v) is 7.55. The molecular formula is C47H40N2. The third kappa shape index (κ3) is 5.91. The van der Waals surface area contributed by atoms with Crippen LogP contribution in [0, 0.1) is 19.8 Å². The molecule has 0 fully saturated rings. The maximum absolute atomic E-state index is 2.51. The minimum Gasteiger partial charge on any atom is -0.334 e. The zero-order valence-corrected chi connectivity index (χ0v) is 28.1. The van der Waals surface area contributed by atoms with E-state index in [4.69, 9.17) is 0 Å². The summed E-state index contributed by atoms with van der Waals surface area (Å²) in [5, 5.41) is 2.47. The van der Waals surface area contributed by atoms with Crippen molar-refractivity contribution >= 4 is 39.2 Å². The van der Waals surface area contributed by atoms with Crippen LogP contribution in [0.1, 0.15) is 17.5 Å². The van der Waals surface area contributed by atoms with Crippen molar-refractivity contribution in [3.63, 3.8) is 0 Å². The fraction of sp³-hybridized carbons (Fsp3) is 0.106. The number of aryl methyl sites for hydroxylation is 2. The third-order valence-electron chi connectivity index (χ3n) is 9.89. The molecule has 0 saturated heterocycles. The number of allylic oxidation sites excluding steroid dienone is 5. The standard InChI is InChI=1S/C47H40N2/c1-34-32-40(48(38-20-5-3-6-21-38)46-26-14-11-18-36-16-9-12-24-44(36)46)28-30-42(34)43-31-29-41(33-35(43)2)49(39-22-7-4-8-23-39)47-27-15-19-37-17-10-13-25-45(37)47/h3-10,12-33,44,46H,11H2,1-2H3. The number of anilines is 5. The Balaban J connectivity index is 1.18. The molecule has 238 valence electrons. The van der Waals surface area contributed by atoms with Gasteiger partial charge >= 0.3 is 0 Å². The number of nitrogens with zero attached hydrogens (tertiary/aromatic N) is 2. The Labute approximate surface area is 290 Å². The molecule has 2 atom stereocenters. The first-order valence-electron chi connectivity index (χ1n) is 17.3. The van der Waals surface area contributed by atoms with Gasteiger partial charge in [-0.2, -0.15) is 0 Å². The fourth-order valence-electron chi connectivity index (χ4n) is 7.55. The molecule has 0 radical (unpaired) electrons. The number of hydrogen-bond donors (Lipinski definition) is 0. The van der Waals surface area contributed by atoms with Crippen molar-refractivity contribution in [2.45, 2.75) is 26.3 Å². The largest absolute Gasteiger partial charge is 0.334 e. The molecule has 2 unspecified atom stereocenters. The van der Waals surface area contributed by atoms with Crippen molar-refractivity contribution < 1.29 is 0 Å². The Kier molecular flexibility index (Phi) is 8.29. The zero-order valence-electron chi connectivity index (χ0n) is 28.1. The minimum absolute atomic E-state index is 0.168. The van der Waals surface area contributed by atoms with Gasteiger partial charge in [-0.25, -0.2) is 0 Å².